The average molecular weight is 396 g/mol. The Bertz CT molecular complexity index is 958. The van der Waals surface area contributed by atoms with Crippen molar-refractivity contribution < 1.29 is 9.53 Å². The lowest BCUT2D eigenvalue weighted by molar-refractivity contribution is -0.119. The molecule has 0 bridgehead atoms. The summed E-state index contributed by atoms with van der Waals surface area (Å²) in [5.41, 5.74) is 3.62. The standard InChI is InChI=1S/C22H25N3O2S/c1-14(2)21(16-9-11-17(27-4)12-10-16)25-20(26)13-28-22-15(3)23-18-7-5-6-8-19(18)24-22/h5-12,14,21H,13H2,1-4H3,(H,25,26). The number of carbonyl (C=O) groups excluding carboxylic acids is 1. The predicted molar refractivity (Wildman–Crippen MR) is 114 cm³/mol. The molecule has 1 heterocycles. The van der Waals surface area contributed by atoms with E-state index in [1.807, 2.05) is 55.5 Å². The highest BCUT2D eigenvalue weighted by molar-refractivity contribution is 7.99. The highest BCUT2D eigenvalue weighted by Gasteiger charge is 2.19. The van der Waals surface area contributed by atoms with E-state index in [0.717, 1.165) is 33.1 Å². The molecule has 1 aromatic heterocycles. The fourth-order valence-electron chi connectivity index (χ4n) is 3.00. The summed E-state index contributed by atoms with van der Waals surface area (Å²) in [6.45, 7) is 6.12. The third-order valence-electron chi connectivity index (χ3n) is 4.50. The number of fused-ring (bicyclic) bond motifs is 1. The summed E-state index contributed by atoms with van der Waals surface area (Å²) in [4.78, 5) is 21.8. The monoisotopic (exact) mass is 395 g/mol. The van der Waals surface area contributed by atoms with Gasteiger partial charge in [-0.3, -0.25) is 4.79 Å². The number of aromatic nitrogens is 2. The molecule has 6 heteroatoms. The molecule has 3 aromatic rings. The van der Waals surface area contributed by atoms with Crippen LogP contribution in [0.5, 0.6) is 5.75 Å². The van der Waals surface area contributed by atoms with E-state index in [1.54, 1.807) is 7.11 Å². The number of ether oxygens (including phenoxy) is 1. The first kappa shape index (κ1) is 20.1. The normalized spacial score (nSPS) is 12.2. The molecule has 1 atom stereocenters. The molecule has 2 aromatic carbocycles. The van der Waals surface area contributed by atoms with Gasteiger partial charge in [0.05, 0.1) is 35.6 Å². The maximum atomic E-state index is 12.6. The minimum Gasteiger partial charge on any atom is -0.497 e. The van der Waals surface area contributed by atoms with Gasteiger partial charge in [0.15, 0.2) is 0 Å². The van der Waals surface area contributed by atoms with Gasteiger partial charge in [-0.2, -0.15) is 0 Å². The maximum absolute atomic E-state index is 12.6. The van der Waals surface area contributed by atoms with E-state index in [1.165, 1.54) is 11.8 Å². The SMILES string of the molecule is COc1ccc(C(NC(=O)CSc2nc3ccccc3nc2C)C(C)C)cc1. The molecular formula is C22H25N3O2S. The van der Waals surface area contributed by atoms with Crippen LogP contribution in [0.3, 0.4) is 0 Å². The van der Waals surface area contributed by atoms with Crippen LogP contribution in [0.25, 0.3) is 11.0 Å². The number of methoxy groups -OCH3 is 1. The van der Waals surface area contributed by atoms with Crippen molar-refractivity contribution in [3.63, 3.8) is 0 Å². The lowest BCUT2D eigenvalue weighted by Gasteiger charge is -2.23. The zero-order valence-corrected chi connectivity index (χ0v) is 17.4. The molecule has 1 unspecified atom stereocenters. The molecule has 0 aliphatic rings. The van der Waals surface area contributed by atoms with Gasteiger partial charge in [-0.25, -0.2) is 9.97 Å². The lowest BCUT2D eigenvalue weighted by atomic mass is 9.96. The first-order valence-corrected chi connectivity index (χ1v) is 10.3. The summed E-state index contributed by atoms with van der Waals surface area (Å²) in [5, 5.41) is 3.94. The lowest BCUT2D eigenvalue weighted by Crippen LogP contribution is -2.33. The highest BCUT2D eigenvalue weighted by Crippen LogP contribution is 2.25. The quantitative estimate of drug-likeness (QED) is 0.595. The molecule has 0 aliphatic heterocycles. The number of amides is 1. The number of thioether (sulfide) groups is 1. The first-order chi connectivity index (χ1) is 13.5. The van der Waals surface area contributed by atoms with Gasteiger partial charge in [-0.05, 0) is 42.7 Å². The van der Waals surface area contributed by atoms with E-state index < -0.39 is 0 Å². The van der Waals surface area contributed by atoms with Crippen LogP contribution in [0.15, 0.2) is 53.6 Å². The van der Waals surface area contributed by atoms with Gasteiger partial charge >= 0.3 is 0 Å². The van der Waals surface area contributed by atoms with Crippen molar-refractivity contribution in [1.29, 1.82) is 0 Å². The second-order valence-corrected chi connectivity index (χ2v) is 7.92. The van der Waals surface area contributed by atoms with Crippen LogP contribution >= 0.6 is 11.8 Å². The number of para-hydroxylation sites is 2. The van der Waals surface area contributed by atoms with E-state index in [9.17, 15) is 4.79 Å². The summed E-state index contributed by atoms with van der Waals surface area (Å²) < 4.78 is 5.22. The smallest absolute Gasteiger partial charge is 0.230 e. The molecular weight excluding hydrogens is 370 g/mol. The molecule has 1 N–H and O–H groups in total. The zero-order chi connectivity index (χ0) is 20.1. The molecule has 1 amide bonds. The van der Waals surface area contributed by atoms with Crippen LogP contribution in [-0.2, 0) is 4.79 Å². The Morgan fingerprint density at radius 3 is 2.32 bits per heavy atom. The number of hydrogen-bond donors (Lipinski definition) is 1. The van der Waals surface area contributed by atoms with E-state index in [-0.39, 0.29) is 17.9 Å². The molecule has 0 aliphatic carbocycles. The summed E-state index contributed by atoms with van der Waals surface area (Å²) in [5.74, 6) is 1.35. The number of rotatable bonds is 7. The number of nitrogens with one attached hydrogen (secondary N) is 1. The number of hydrogen-bond acceptors (Lipinski definition) is 5. The van der Waals surface area contributed by atoms with Gasteiger partial charge in [-0.15, -0.1) is 0 Å². The fraction of sp³-hybridized carbons (Fsp3) is 0.318. The summed E-state index contributed by atoms with van der Waals surface area (Å²) >= 11 is 1.42. The Hall–Kier alpha value is -2.60. The molecule has 146 valence electrons. The van der Waals surface area contributed by atoms with Crippen LogP contribution in [0.4, 0.5) is 0 Å². The van der Waals surface area contributed by atoms with Crippen LogP contribution in [0, 0.1) is 12.8 Å². The van der Waals surface area contributed by atoms with Crippen molar-refractivity contribution in [3.05, 3.63) is 59.8 Å². The Balaban J connectivity index is 1.67. The maximum Gasteiger partial charge on any atom is 0.230 e. The Morgan fingerprint density at radius 1 is 1.07 bits per heavy atom. The predicted octanol–water partition coefficient (Wildman–Crippen LogP) is 4.55. The topological polar surface area (TPSA) is 64.1 Å². The van der Waals surface area contributed by atoms with Crippen molar-refractivity contribution >= 4 is 28.7 Å². The van der Waals surface area contributed by atoms with Crippen LogP contribution in [0.1, 0.15) is 31.1 Å². The number of nitrogens with zero attached hydrogens (tertiary/aromatic N) is 2. The van der Waals surface area contributed by atoms with Crippen molar-refractivity contribution in [2.75, 3.05) is 12.9 Å². The van der Waals surface area contributed by atoms with Gasteiger partial charge in [0.1, 0.15) is 10.8 Å². The zero-order valence-electron chi connectivity index (χ0n) is 16.6. The number of carbonyl (C=O) groups is 1. The Labute approximate surface area is 169 Å². The van der Waals surface area contributed by atoms with E-state index in [4.69, 9.17) is 4.74 Å². The van der Waals surface area contributed by atoms with E-state index in [2.05, 4.69) is 29.1 Å². The molecule has 28 heavy (non-hydrogen) atoms. The Morgan fingerprint density at radius 2 is 1.71 bits per heavy atom. The van der Waals surface area contributed by atoms with E-state index in [0.29, 0.717) is 5.75 Å². The third kappa shape index (κ3) is 4.81. The molecule has 3 rings (SSSR count). The van der Waals surface area contributed by atoms with Crippen molar-refractivity contribution in [2.45, 2.75) is 31.8 Å². The first-order valence-electron chi connectivity index (χ1n) is 9.27. The Kier molecular flexibility index (Phi) is 6.52. The largest absolute Gasteiger partial charge is 0.497 e. The molecule has 0 saturated heterocycles. The number of benzene rings is 2. The van der Waals surface area contributed by atoms with Crippen LogP contribution in [0.2, 0.25) is 0 Å². The minimum absolute atomic E-state index is 0.0196. The third-order valence-corrected chi connectivity index (χ3v) is 5.57. The van der Waals surface area contributed by atoms with Gasteiger partial charge < -0.3 is 10.1 Å². The summed E-state index contributed by atoms with van der Waals surface area (Å²) in [6, 6.07) is 15.5. The second kappa shape index (κ2) is 9.06. The second-order valence-electron chi connectivity index (χ2n) is 6.95. The van der Waals surface area contributed by atoms with Gasteiger partial charge in [0.25, 0.3) is 0 Å². The molecule has 5 nitrogen and oxygen atoms in total. The van der Waals surface area contributed by atoms with E-state index >= 15 is 0 Å². The van der Waals surface area contributed by atoms with Crippen LogP contribution < -0.4 is 10.1 Å². The van der Waals surface area contributed by atoms with Gasteiger partial charge in [0.2, 0.25) is 5.91 Å². The summed E-state index contributed by atoms with van der Waals surface area (Å²) in [7, 11) is 1.64. The summed E-state index contributed by atoms with van der Waals surface area (Å²) in [6.07, 6.45) is 0. The van der Waals surface area contributed by atoms with Gasteiger partial charge in [0, 0.05) is 0 Å². The number of aryl methyl sites for hydroxylation is 1. The minimum atomic E-state index is -0.0530. The van der Waals surface area contributed by atoms with Crippen molar-refractivity contribution in [2.24, 2.45) is 5.92 Å². The molecule has 0 radical (unpaired) electrons. The molecule has 0 saturated carbocycles. The fourth-order valence-corrected chi connectivity index (χ4v) is 3.77. The highest BCUT2D eigenvalue weighted by atomic mass is 32.2. The molecule has 0 fully saturated rings. The van der Waals surface area contributed by atoms with Crippen LogP contribution in [-0.4, -0.2) is 28.7 Å². The average Bonchev–Trinajstić information content (AvgIpc) is 2.70. The molecule has 0 spiro atoms. The van der Waals surface area contributed by atoms with Gasteiger partial charge in [-0.1, -0.05) is 49.9 Å². The van der Waals surface area contributed by atoms with Crippen molar-refractivity contribution in [1.82, 2.24) is 15.3 Å². The van der Waals surface area contributed by atoms with Crippen molar-refractivity contribution in [3.8, 4) is 5.75 Å².